The molecule has 1 aromatic rings. The lowest BCUT2D eigenvalue weighted by Crippen LogP contribution is -2.38. The number of rotatable bonds is 9. The standard InChI is InChI=1S/C9H15FN3O11P3/c10-7-3-11-9(14)13-8(7)12-6-1-5(2-6)4-22-26(18,19)24-27(20,21)23-25(15,16)17/h3,5-6H,1-2,4H2,(H,18,19)(H,20,21)(H2,15,16,17)(H2,11,12,13,14)/t5-,6+. The van der Waals surface area contributed by atoms with Gasteiger partial charge in [-0.1, -0.05) is 0 Å². The van der Waals surface area contributed by atoms with E-state index in [1.807, 2.05) is 0 Å². The monoisotopic (exact) mass is 453 g/mol. The number of aromatic amines is 1. The molecular formula is C9H15FN3O11P3. The quantitative estimate of drug-likeness (QED) is 0.280. The van der Waals surface area contributed by atoms with Gasteiger partial charge in [0.1, 0.15) is 0 Å². The van der Waals surface area contributed by atoms with Gasteiger partial charge < -0.3 is 29.9 Å². The first kappa shape index (κ1) is 22.3. The zero-order valence-corrected chi connectivity index (χ0v) is 15.9. The lowest BCUT2D eigenvalue weighted by molar-refractivity contribution is 0.120. The number of aromatic nitrogens is 2. The molecule has 0 aliphatic heterocycles. The van der Waals surface area contributed by atoms with E-state index in [1.165, 1.54) is 0 Å². The topological polar surface area (TPSA) is 218 Å². The third-order valence-corrected chi connectivity index (χ3v) is 7.03. The molecule has 0 aromatic carbocycles. The van der Waals surface area contributed by atoms with Crippen LogP contribution in [0.4, 0.5) is 10.2 Å². The Kier molecular flexibility index (Phi) is 6.76. The Balaban J connectivity index is 1.79. The van der Waals surface area contributed by atoms with Gasteiger partial charge in [0.2, 0.25) is 0 Å². The minimum atomic E-state index is -5.55. The first-order valence-corrected chi connectivity index (χ1v) is 11.6. The van der Waals surface area contributed by atoms with Crippen LogP contribution in [-0.2, 0) is 26.8 Å². The van der Waals surface area contributed by atoms with Gasteiger partial charge in [-0.3, -0.25) is 4.52 Å². The van der Waals surface area contributed by atoms with Crippen molar-refractivity contribution in [2.45, 2.75) is 18.9 Å². The third-order valence-electron chi connectivity index (χ3n) is 3.23. The van der Waals surface area contributed by atoms with Crippen molar-refractivity contribution in [3.8, 4) is 0 Å². The minimum absolute atomic E-state index is 0.255. The second kappa shape index (κ2) is 8.18. The van der Waals surface area contributed by atoms with Gasteiger partial charge >= 0.3 is 29.2 Å². The summed E-state index contributed by atoms with van der Waals surface area (Å²) < 4.78 is 58.3. The Morgan fingerprint density at radius 2 is 1.81 bits per heavy atom. The smallest absolute Gasteiger partial charge is 0.365 e. The molecule has 0 radical (unpaired) electrons. The van der Waals surface area contributed by atoms with E-state index in [9.17, 15) is 27.8 Å². The van der Waals surface area contributed by atoms with Crippen LogP contribution in [0.25, 0.3) is 0 Å². The molecule has 1 aliphatic carbocycles. The highest BCUT2D eigenvalue weighted by Crippen LogP contribution is 2.66. The number of H-pyrrole nitrogens is 1. The molecule has 1 aromatic heterocycles. The average Bonchev–Trinajstić information content (AvgIpc) is 2.40. The van der Waals surface area contributed by atoms with Gasteiger partial charge in [-0.25, -0.2) is 22.9 Å². The summed E-state index contributed by atoms with van der Waals surface area (Å²) in [5, 5.41) is 2.66. The van der Waals surface area contributed by atoms with Gasteiger partial charge in [0.05, 0.1) is 6.61 Å². The molecule has 1 heterocycles. The number of halogens is 1. The number of hydrogen-bond acceptors (Lipinski definition) is 9. The molecule has 27 heavy (non-hydrogen) atoms. The predicted octanol–water partition coefficient (Wildman–Crippen LogP) is 0.443. The molecule has 1 fully saturated rings. The second-order valence-corrected chi connectivity index (χ2v) is 9.89. The predicted molar refractivity (Wildman–Crippen MR) is 84.8 cm³/mol. The molecule has 0 saturated heterocycles. The van der Waals surface area contributed by atoms with Gasteiger partial charge in [-0.05, 0) is 18.8 Å². The van der Waals surface area contributed by atoms with Gasteiger partial charge in [0.25, 0.3) is 0 Å². The van der Waals surface area contributed by atoms with Crippen LogP contribution in [0.15, 0.2) is 11.0 Å². The molecule has 18 heteroatoms. The van der Waals surface area contributed by atoms with E-state index in [0.29, 0.717) is 12.8 Å². The van der Waals surface area contributed by atoms with Crippen molar-refractivity contribution in [2.24, 2.45) is 5.92 Å². The molecule has 0 spiro atoms. The van der Waals surface area contributed by atoms with Gasteiger partial charge in [0, 0.05) is 12.2 Å². The second-order valence-electron chi connectivity index (χ2n) is 5.47. The van der Waals surface area contributed by atoms with Crippen molar-refractivity contribution in [3.05, 3.63) is 22.5 Å². The fourth-order valence-electron chi connectivity index (χ4n) is 2.17. The van der Waals surface area contributed by atoms with E-state index in [4.69, 9.17) is 14.7 Å². The zero-order valence-electron chi connectivity index (χ0n) is 13.2. The molecule has 2 unspecified atom stereocenters. The van der Waals surface area contributed by atoms with Crippen LogP contribution in [0.3, 0.4) is 0 Å². The summed E-state index contributed by atoms with van der Waals surface area (Å²) in [4.78, 5) is 51.6. The summed E-state index contributed by atoms with van der Waals surface area (Å²) in [6.07, 6.45) is 1.48. The molecule has 2 rings (SSSR count). The lowest BCUT2D eigenvalue weighted by Gasteiger charge is -2.36. The number of phosphoric acid groups is 3. The molecular weight excluding hydrogens is 438 g/mol. The van der Waals surface area contributed by atoms with Crippen LogP contribution in [-0.4, -0.2) is 42.2 Å². The highest BCUT2D eigenvalue weighted by molar-refractivity contribution is 7.66. The molecule has 0 amide bonds. The van der Waals surface area contributed by atoms with Crippen LogP contribution in [0, 0.1) is 11.7 Å². The summed E-state index contributed by atoms with van der Waals surface area (Å²) in [5.41, 5.74) is -0.748. The van der Waals surface area contributed by atoms with E-state index in [0.717, 1.165) is 6.20 Å². The maximum absolute atomic E-state index is 13.4. The molecule has 1 saturated carbocycles. The van der Waals surface area contributed by atoms with E-state index in [1.54, 1.807) is 0 Å². The Bertz CT molecular complexity index is 881. The number of nitrogens with zero attached hydrogens (tertiary/aromatic N) is 1. The Morgan fingerprint density at radius 1 is 1.19 bits per heavy atom. The van der Waals surface area contributed by atoms with Crippen molar-refractivity contribution in [3.63, 3.8) is 0 Å². The van der Waals surface area contributed by atoms with Gasteiger partial charge in [0.15, 0.2) is 11.6 Å². The number of nitrogens with one attached hydrogen (secondary N) is 2. The van der Waals surface area contributed by atoms with Gasteiger partial charge in [-0.15, -0.1) is 0 Å². The van der Waals surface area contributed by atoms with Crippen LogP contribution in [0.5, 0.6) is 0 Å². The Morgan fingerprint density at radius 3 is 2.41 bits per heavy atom. The summed E-state index contributed by atoms with van der Waals surface area (Å²) in [6, 6.07) is -0.302. The summed E-state index contributed by atoms with van der Waals surface area (Å²) in [7, 11) is -16.2. The Hall–Kier alpha value is -0.980. The molecule has 6 N–H and O–H groups in total. The largest absolute Gasteiger partial charge is 0.490 e. The number of anilines is 1. The maximum Gasteiger partial charge on any atom is 0.490 e. The minimum Gasteiger partial charge on any atom is -0.365 e. The van der Waals surface area contributed by atoms with Crippen molar-refractivity contribution in [1.29, 1.82) is 0 Å². The first-order chi connectivity index (χ1) is 12.2. The van der Waals surface area contributed by atoms with Crippen LogP contribution < -0.4 is 11.0 Å². The summed E-state index contributed by atoms with van der Waals surface area (Å²) in [6.45, 7) is -0.410. The first-order valence-electron chi connectivity index (χ1n) is 7.05. The van der Waals surface area contributed by atoms with Crippen molar-refractivity contribution >= 4 is 29.3 Å². The number of phosphoric ester groups is 1. The summed E-state index contributed by atoms with van der Waals surface area (Å²) >= 11 is 0. The SMILES string of the molecule is O=c1nc(N[C@H]2C[C@@H](COP(=O)(O)OP(=O)(O)OP(=O)(O)O)C2)c(F)c[nH]1. The molecule has 14 nitrogen and oxygen atoms in total. The van der Waals surface area contributed by atoms with E-state index >= 15 is 0 Å². The van der Waals surface area contributed by atoms with Crippen molar-refractivity contribution in [2.75, 3.05) is 11.9 Å². The maximum atomic E-state index is 13.4. The molecule has 0 bridgehead atoms. The fraction of sp³-hybridized carbons (Fsp3) is 0.556. The lowest BCUT2D eigenvalue weighted by atomic mass is 9.81. The molecule has 154 valence electrons. The van der Waals surface area contributed by atoms with Crippen LogP contribution in [0.2, 0.25) is 0 Å². The molecule has 1 aliphatic rings. The number of hydrogen-bond donors (Lipinski definition) is 6. The zero-order chi connectivity index (χ0) is 20.5. The molecule has 2 atom stereocenters. The van der Waals surface area contributed by atoms with Crippen LogP contribution in [0.1, 0.15) is 12.8 Å². The van der Waals surface area contributed by atoms with Crippen molar-refractivity contribution < 1.29 is 50.8 Å². The van der Waals surface area contributed by atoms with Gasteiger partial charge in [-0.2, -0.15) is 13.6 Å². The third kappa shape index (κ3) is 7.51. The van der Waals surface area contributed by atoms with E-state index in [-0.39, 0.29) is 17.8 Å². The summed E-state index contributed by atoms with van der Waals surface area (Å²) in [5.74, 6) is -1.35. The Labute approximate surface area is 150 Å². The fourth-order valence-corrected chi connectivity index (χ4v) is 5.26. The highest BCUT2D eigenvalue weighted by atomic mass is 31.3. The average molecular weight is 453 g/mol. The normalized spacial score (nSPS) is 24.5. The van der Waals surface area contributed by atoms with Crippen molar-refractivity contribution in [1.82, 2.24) is 9.97 Å². The highest BCUT2D eigenvalue weighted by Gasteiger charge is 2.41. The van der Waals surface area contributed by atoms with Crippen LogP contribution >= 0.6 is 23.5 Å². The van der Waals surface area contributed by atoms with E-state index in [2.05, 4.69) is 28.4 Å². The van der Waals surface area contributed by atoms with E-state index < -0.39 is 41.6 Å².